The normalized spacial score (nSPS) is 12.1. The molecule has 2 nitrogen and oxygen atoms in total. The van der Waals surface area contributed by atoms with Crippen LogP contribution in [0.15, 0.2) is 59.7 Å². The lowest BCUT2D eigenvalue weighted by Gasteiger charge is -2.11. The lowest BCUT2D eigenvalue weighted by Crippen LogP contribution is -2.03. The molecule has 0 amide bonds. The van der Waals surface area contributed by atoms with E-state index in [1.165, 1.54) is 29.8 Å². The average Bonchev–Trinajstić information content (AvgIpc) is 2.60. The number of hydrogen-bond donors (Lipinski definition) is 2. The van der Waals surface area contributed by atoms with E-state index < -0.39 is 11.7 Å². The van der Waals surface area contributed by atoms with Crippen LogP contribution in [0.5, 0.6) is 11.5 Å². The van der Waals surface area contributed by atoms with Crippen LogP contribution < -0.4 is 0 Å². The van der Waals surface area contributed by atoms with E-state index in [4.69, 9.17) is 0 Å². The summed E-state index contributed by atoms with van der Waals surface area (Å²) in [6.45, 7) is 6.10. The molecule has 0 atom stereocenters. The Morgan fingerprint density at radius 3 is 1.96 bits per heavy atom. The molecule has 5 heteroatoms. The van der Waals surface area contributed by atoms with E-state index in [0.29, 0.717) is 23.1 Å². The molecule has 0 aliphatic carbocycles. The molecular formula is C23H25F3O2. The van der Waals surface area contributed by atoms with Crippen LogP contribution in [-0.2, 0) is 12.6 Å². The molecule has 2 aromatic rings. The standard InChI is InChI=1S/C23H25F3O2/c1-15(2)5-4-6-16(3)7-12-20-21(27)13-18(14-22(20)28)17-8-10-19(11-9-17)23(24,25)26/h5,7-11,13-14,27-28H,4,6,12H2,1-3H3/b16-7+. The summed E-state index contributed by atoms with van der Waals surface area (Å²) in [5.74, 6) is -0.161. The van der Waals surface area contributed by atoms with Crippen LogP contribution in [0.3, 0.4) is 0 Å². The third kappa shape index (κ3) is 5.91. The summed E-state index contributed by atoms with van der Waals surface area (Å²) in [6.07, 6.45) is 1.94. The van der Waals surface area contributed by atoms with Crippen LogP contribution >= 0.6 is 0 Å². The second kappa shape index (κ2) is 9.00. The summed E-state index contributed by atoms with van der Waals surface area (Å²) in [5.41, 5.74) is 3.02. The number of hydrogen-bond acceptors (Lipinski definition) is 2. The van der Waals surface area contributed by atoms with Crippen molar-refractivity contribution >= 4 is 0 Å². The quantitative estimate of drug-likeness (QED) is 0.520. The van der Waals surface area contributed by atoms with Crippen LogP contribution in [0.2, 0.25) is 0 Å². The summed E-state index contributed by atoms with van der Waals surface area (Å²) in [7, 11) is 0. The van der Waals surface area contributed by atoms with Gasteiger partial charge < -0.3 is 10.2 Å². The molecule has 0 aromatic heterocycles. The number of allylic oxidation sites excluding steroid dienone is 4. The van der Waals surface area contributed by atoms with E-state index in [2.05, 4.69) is 6.08 Å². The number of benzene rings is 2. The third-order valence-electron chi connectivity index (χ3n) is 4.49. The minimum absolute atomic E-state index is 0.0803. The van der Waals surface area contributed by atoms with Gasteiger partial charge in [0, 0.05) is 5.56 Å². The molecule has 0 saturated heterocycles. The van der Waals surface area contributed by atoms with E-state index in [-0.39, 0.29) is 11.5 Å². The molecule has 0 saturated carbocycles. The molecule has 0 fully saturated rings. The number of phenolic OH excluding ortho intramolecular Hbond substituents is 2. The van der Waals surface area contributed by atoms with Crippen molar-refractivity contribution in [1.82, 2.24) is 0 Å². The highest BCUT2D eigenvalue weighted by Gasteiger charge is 2.30. The van der Waals surface area contributed by atoms with Gasteiger partial charge in [-0.2, -0.15) is 13.2 Å². The Kier molecular flexibility index (Phi) is 6.95. The van der Waals surface area contributed by atoms with Gasteiger partial charge in [-0.3, -0.25) is 0 Å². The molecule has 2 N–H and O–H groups in total. The third-order valence-corrected chi connectivity index (χ3v) is 4.49. The highest BCUT2D eigenvalue weighted by atomic mass is 19.4. The maximum Gasteiger partial charge on any atom is 0.416 e. The monoisotopic (exact) mass is 390 g/mol. The van der Waals surface area contributed by atoms with Crippen molar-refractivity contribution in [2.75, 3.05) is 0 Å². The van der Waals surface area contributed by atoms with Crippen molar-refractivity contribution in [3.05, 3.63) is 70.8 Å². The zero-order valence-electron chi connectivity index (χ0n) is 16.3. The van der Waals surface area contributed by atoms with Crippen LogP contribution in [0.4, 0.5) is 13.2 Å². The Labute approximate surface area is 163 Å². The molecule has 0 unspecified atom stereocenters. The molecule has 150 valence electrons. The fraction of sp³-hybridized carbons (Fsp3) is 0.304. The summed E-state index contributed by atoms with van der Waals surface area (Å²) < 4.78 is 38.0. The average molecular weight is 390 g/mol. The maximum absolute atomic E-state index is 12.7. The SMILES string of the molecule is CC(C)=CCC/C(C)=C/Cc1c(O)cc(-c2ccc(C(F)(F)F)cc2)cc1O. The van der Waals surface area contributed by atoms with Gasteiger partial charge in [0.15, 0.2) is 0 Å². The van der Waals surface area contributed by atoms with Gasteiger partial charge in [0.25, 0.3) is 0 Å². The Bertz CT molecular complexity index is 849. The van der Waals surface area contributed by atoms with Crippen molar-refractivity contribution < 1.29 is 23.4 Å². The molecule has 0 aliphatic heterocycles. The molecule has 0 radical (unpaired) electrons. The second-order valence-corrected chi connectivity index (χ2v) is 7.14. The number of aromatic hydroxyl groups is 2. The highest BCUT2D eigenvalue weighted by Crippen LogP contribution is 2.36. The van der Waals surface area contributed by atoms with E-state index in [1.807, 2.05) is 26.8 Å². The lowest BCUT2D eigenvalue weighted by atomic mass is 9.98. The number of alkyl halides is 3. The molecule has 0 aliphatic rings. The first-order valence-electron chi connectivity index (χ1n) is 9.09. The Balaban J connectivity index is 2.17. The van der Waals surface area contributed by atoms with E-state index in [9.17, 15) is 23.4 Å². The smallest absolute Gasteiger partial charge is 0.416 e. The minimum Gasteiger partial charge on any atom is -0.507 e. The molecule has 0 bridgehead atoms. The Hall–Kier alpha value is -2.69. The topological polar surface area (TPSA) is 40.5 Å². The van der Waals surface area contributed by atoms with Gasteiger partial charge in [-0.05, 0) is 75.4 Å². The van der Waals surface area contributed by atoms with E-state index >= 15 is 0 Å². The van der Waals surface area contributed by atoms with Crippen molar-refractivity contribution in [3.63, 3.8) is 0 Å². The molecule has 28 heavy (non-hydrogen) atoms. The molecule has 2 rings (SSSR count). The largest absolute Gasteiger partial charge is 0.507 e. The van der Waals surface area contributed by atoms with Gasteiger partial charge in [0.2, 0.25) is 0 Å². The number of phenols is 2. The fourth-order valence-corrected chi connectivity index (χ4v) is 2.84. The summed E-state index contributed by atoms with van der Waals surface area (Å²) in [6, 6.07) is 7.54. The van der Waals surface area contributed by atoms with Crippen molar-refractivity contribution in [2.45, 2.75) is 46.2 Å². The summed E-state index contributed by atoms with van der Waals surface area (Å²) in [4.78, 5) is 0. The van der Waals surface area contributed by atoms with Gasteiger partial charge in [-0.15, -0.1) is 0 Å². The minimum atomic E-state index is -4.40. The van der Waals surface area contributed by atoms with Gasteiger partial charge in [0.1, 0.15) is 11.5 Å². The van der Waals surface area contributed by atoms with Gasteiger partial charge in [0.05, 0.1) is 5.56 Å². The zero-order valence-corrected chi connectivity index (χ0v) is 16.3. The molecule has 0 heterocycles. The predicted octanol–water partition coefficient (Wildman–Crippen LogP) is 7.02. The van der Waals surface area contributed by atoms with E-state index in [1.54, 1.807) is 0 Å². The van der Waals surface area contributed by atoms with Gasteiger partial charge in [-0.25, -0.2) is 0 Å². The first kappa shape index (κ1) is 21.6. The van der Waals surface area contributed by atoms with Crippen molar-refractivity contribution in [3.8, 4) is 22.6 Å². The predicted molar refractivity (Wildman–Crippen MR) is 106 cm³/mol. The van der Waals surface area contributed by atoms with Gasteiger partial charge >= 0.3 is 6.18 Å². The van der Waals surface area contributed by atoms with E-state index in [0.717, 1.165) is 30.5 Å². The Morgan fingerprint density at radius 1 is 0.893 bits per heavy atom. The first-order chi connectivity index (χ1) is 13.1. The molecule has 0 spiro atoms. The number of halogens is 3. The lowest BCUT2D eigenvalue weighted by molar-refractivity contribution is -0.137. The van der Waals surface area contributed by atoms with Gasteiger partial charge in [-0.1, -0.05) is 35.4 Å². The summed E-state index contributed by atoms with van der Waals surface area (Å²) in [5, 5.41) is 20.6. The Morgan fingerprint density at radius 2 is 1.46 bits per heavy atom. The van der Waals surface area contributed by atoms with Crippen LogP contribution in [-0.4, -0.2) is 10.2 Å². The zero-order chi connectivity index (χ0) is 20.9. The van der Waals surface area contributed by atoms with Crippen molar-refractivity contribution in [1.29, 1.82) is 0 Å². The highest BCUT2D eigenvalue weighted by molar-refractivity contribution is 5.69. The second-order valence-electron chi connectivity index (χ2n) is 7.14. The molecular weight excluding hydrogens is 365 g/mol. The van der Waals surface area contributed by atoms with Crippen molar-refractivity contribution in [2.24, 2.45) is 0 Å². The number of rotatable bonds is 6. The van der Waals surface area contributed by atoms with Crippen LogP contribution in [0, 0.1) is 0 Å². The first-order valence-corrected chi connectivity index (χ1v) is 9.09. The molecule has 2 aromatic carbocycles. The summed E-state index contributed by atoms with van der Waals surface area (Å²) >= 11 is 0. The van der Waals surface area contributed by atoms with Crippen LogP contribution in [0.1, 0.15) is 44.7 Å². The fourth-order valence-electron chi connectivity index (χ4n) is 2.84. The van der Waals surface area contributed by atoms with Crippen LogP contribution in [0.25, 0.3) is 11.1 Å². The maximum atomic E-state index is 12.7.